The molecule has 0 spiro atoms. The number of hydrogen-bond acceptors (Lipinski definition) is 7. The Morgan fingerprint density at radius 1 is 1.19 bits per heavy atom. The average Bonchev–Trinajstić information content (AvgIpc) is 3.45. The van der Waals surface area contributed by atoms with E-state index < -0.39 is 6.04 Å². The van der Waals surface area contributed by atoms with E-state index in [4.69, 9.17) is 30.3 Å². The second-order valence-corrected chi connectivity index (χ2v) is 7.63. The van der Waals surface area contributed by atoms with Gasteiger partial charge in [-0.2, -0.15) is 4.98 Å². The van der Waals surface area contributed by atoms with Crippen LogP contribution in [-0.4, -0.2) is 29.4 Å². The summed E-state index contributed by atoms with van der Waals surface area (Å²) in [4.78, 5) is 17.0. The summed E-state index contributed by atoms with van der Waals surface area (Å²) >= 11 is 5.86. The van der Waals surface area contributed by atoms with Crippen LogP contribution in [0.2, 0.25) is 5.02 Å². The lowest BCUT2D eigenvalue weighted by Crippen LogP contribution is -2.36. The predicted molar refractivity (Wildman–Crippen MR) is 113 cm³/mol. The van der Waals surface area contributed by atoms with Crippen molar-refractivity contribution in [2.75, 3.05) is 13.4 Å². The molecule has 0 bridgehead atoms. The Balaban J connectivity index is 1.45. The monoisotopic (exact) mass is 443 g/mol. The molecule has 1 aliphatic heterocycles. The molecule has 4 rings (SSSR count). The van der Waals surface area contributed by atoms with Gasteiger partial charge in [0.2, 0.25) is 18.5 Å². The zero-order valence-electron chi connectivity index (χ0n) is 17.1. The Kier molecular flexibility index (Phi) is 6.27. The van der Waals surface area contributed by atoms with Crippen LogP contribution >= 0.6 is 11.6 Å². The van der Waals surface area contributed by atoms with Gasteiger partial charge in [-0.05, 0) is 48.4 Å². The van der Waals surface area contributed by atoms with E-state index in [1.807, 2.05) is 19.9 Å². The van der Waals surface area contributed by atoms with Crippen molar-refractivity contribution in [3.8, 4) is 28.6 Å². The van der Waals surface area contributed by atoms with Gasteiger partial charge in [-0.25, -0.2) is 0 Å². The first-order valence-corrected chi connectivity index (χ1v) is 10.3. The van der Waals surface area contributed by atoms with Crippen molar-refractivity contribution >= 4 is 17.5 Å². The van der Waals surface area contributed by atoms with Crippen LogP contribution in [0.4, 0.5) is 0 Å². The third kappa shape index (κ3) is 4.91. The molecule has 2 heterocycles. The van der Waals surface area contributed by atoms with Crippen LogP contribution in [0.25, 0.3) is 11.4 Å². The SMILES string of the molecule is CC[C@H](C)[C@H](NC(=O)COc1ccc(Cl)cc1)c1nc(-c2ccc3c(c2)OCO3)no1. The molecule has 31 heavy (non-hydrogen) atoms. The van der Waals surface area contributed by atoms with Crippen LogP contribution in [0, 0.1) is 5.92 Å². The van der Waals surface area contributed by atoms with Gasteiger partial charge in [0.05, 0.1) is 0 Å². The fourth-order valence-electron chi connectivity index (χ4n) is 3.09. The number of benzene rings is 2. The molecule has 1 amide bonds. The Labute approximate surface area is 184 Å². The predicted octanol–water partition coefficient (Wildman–Crippen LogP) is 4.40. The molecule has 0 fully saturated rings. The number of nitrogens with zero attached hydrogens (tertiary/aromatic N) is 2. The van der Waals surface area contributed by atoms with Crippen molar-refractivity contribution in [3.63, 3.8) is 0 Å². The van der Waals surface area contributed by atoms with Gasteiger partial charge in [0, 0.05) is 10.6 Å². The maximum Gasteiger partial charge on any atom is 0.258 e. The number of fused-ring (bicyclic) bond motifs is 1. The lowest BCUT2D eigenvalue weighted by atomic mass is 9.99. The second-order valence-electron chi connectivity index (χ2n) is 7.20. The number of amides is 1. The summed E-state index contributed by atoms with van der Waals surface area (Å²) in [6, 6.07) is 11.8. The summed E-state index contributed by atoms with van der Waals surface area (Å²) in [5.41, 5.74) is 0.736. The molecule has 0 saturated carbocycles. The smallest absolute Gasteiger partial charge is 0.258 e. The standard InChI is InChI=1S/C22H22ClN3O5/c1-3-13(2)20(24-19(27)11-28-16-7-5-15(23)6-8-16)22-25-21(26-31-22)14-4-9-17-18(10-14)30-12-29-17/h4-10,13,20H,3,11-12H2,1-2H3,(H,24,27)/t13-,20-/m0/s1. The fourth-order valence-corrected chi connectivity index (χ4v) is 3.22. The fraction of sp³-hybridized carbons (Fsp3) is 0.318. The zero-order chi connectivity index (χ0) is 21.8. The number of hydrogen-bond donors (Lipinski definition) is 1. The maximum absolute atomic E-state index is 12.5. The second kappa shape index (κ2) is 9.26. The molecule has 2 aromatic carbocycles. The van der Waals surface area contributed by atoms with Gasteiger partial charge < -0.3 is 24.1 Å². The van der Waals surface area contributed by atoms with E-state index in [9.17, 15) is 4.79 Å². The number of carbonyl (C=O) groups is 1. The number of carbonyl (C=O) groups excluding carboxylic acids is 1. The van der Waals surface area contributed by atoms with E-state index in [0.29, 0.717) is 34.0 Å². The molecule has 0 aliphatic carbocycles. The number of nitrogens with one attached hydrogen (secondary N) is 1. The largest absolute Gasteiger partial charge is 0.484 e. The van der Waals surface area contributed by atoms with E-state index in [1.165, 1.54) is 0 Å². The number of aromatic nitrogens is 2. The average molecular weight is 444 g/mol. The molecule has 0 radical (unpaired) electrons. The van der Waals surface area contributed by atoms with Crippen LogP contribution in [0.1, 0.15) is 32.2 Å². The normalized spacial score (nSPS) is 14.2. The highest BCUT2D eigenvalue weighted by molar-refractivity contribution is 6.30. The van der Waals surface area contributed by atoms with Gasteiger partial charge in [-0.1, -0.05) is 37.0 Å². The summed E-state index contributed by atoms with van der Waals surface area (Å²) in [6.45, 7) is 4.09. The number of ether oxygens (including phenoxy) is 3. The third-order valence-corrected chi connectivity index (χ3v) is 5.30. The molecule has 8 nitrogen and oxygen atoms in total. The number of halogens is 1. The highest BCUT2D eigenvalue weighted by Gasteiger charge is 2.27. The van der Waals surface area contributed by atoms with Crippen molar-refractivity contribution in [1.29, 1.82) is 0 Å². The van der Waals surface area contributed by atoms with Crippen LogP contribution in [0.3, 0.4) is 0 Å². The third-order valence-electron chi connectivity index (χ3n) is 5.05. The quantitative estimate of drug-likeness (QED) is 0.551. The van der Waals surface area contributed by atoms with Gasteiger partial charge in [0.25, 0.3) is 5.91 Å². The highest BCUT2D eigenvalue weighted by atomic mass is 35.5. The molecule has 1 N–H and O–H groups in total. The van der Waals surface area contributed by atoms with E-state index in [-0.39, 0.29) is 25.2 Å². The van der Waals surface area contributed by atoms with Gasteiger partial charge >= 0.3 is 0 Å². The van der Waals surface area contributed by atoms with Crippen molar-refractivity contribution < 1.29 is 23.5 Å². The summed E-state index contributed by atoms with van der Waals surface area (Å²) in [7, 11) is 0. The molecular weight excluding hydrogens is 422 g/mol. The molecule has 9 heteroatoms. The maximum atomic E-state index is 12.5. The minimum Gasteiger partial charge on any atom is -0.484 e. The van der Waals surface area contributed by atoms with Crippen LogP contribution in [-0.2, 0) is 4.79 Å². The first-order chi connectivity index (χ1) is 15.0. The molecule has 162 valence electrons. The van der Waals surface area contributed by atoms with E-state index in [2.05, 4.69) is 15.5 Å². The minimum absolute atomic E-state index is 0.0736. The molecule has 1 aliphatic rings. The van der Waals surface area contributed by atoms with Crippen LogP contribution < -0.4 is 19.5 Å². The lowest BCUT2D eigenvalue weighted by molar-refractivity contribution is -0.124. The number of rotatable bonds is 8. The lowest BCUT2D eigenvalue weighted by Gasteiger charge is -2.20. The van der Waals surface area contributed by atoms with Gasteiger partial charge in [-0.15, -0.1) is 0 Å². The molecule has 3 aromatic rings. The Morgan fingerprint density at radius 3 is 2.74 bits per heavy atom. The molecule has 1 aromatic heterocycles. The van der Waals surface area contributed by atoms with Crippen LogP contribution in [0.5, 0.6) is 17.2 Å². The minimum atomic E-state index is -0.443. The highest BCUT2D eigenvalue weighted by Crippen LogP contribution is 2.35. The first kappa shape index (κ1) is 21.0. The van der Waals surface area contributed by atoms with Crippen LogP contribution in [0.15, 0.2) is 47.0 Å². The zero-order valence-corrected chi connectivity index (χ0v) is 17.9. The van der Waals surface area contributed by atoms with E-state index in [0.717, 1.165) is 12.0 Å². The van der Waals surface area contributed by atoms with E-state index in [1.54, 1.807) is 36.4 Å². The Morgan fingerprint density at radius 2 is 1.97 bits per heavy atom. The van der Waals surface area contributed by atoms with Crippen molar-refractivity contribution in [2.45, 2.75) is 26.3 Å². The topological polar surface area (TPSA) is 95.7 Å². The van der Waals surface area contributed by atoms with Gasteiger partial charge in [-0.3, -0.25) is 4.79 Å². The van der Waals surface area contributed by atoms with Gasteiger partial charge in [0.1, 0.15) is 11.8 Å². The van der Waals surface area contributed by atoms with E-state index >= 15 is 0 Å². The van der Waals surface area contributed by atoms with Crippen molar-refractivity contribution in [1.82, 2.24) is 15.5 Å². The summed E-state index contributed by atoms with van der Waals surface area (Å²) in [6.07, 6.45) is 0.810. The summed E-state index contributed by atoms with van der Waals surface area (Å²) in [5, 5.41) is 7.62. The molecular formula is C22H22ClN3O5. The summed E-state index contributed by atoms with van der Waals surface area (Å²) < 4.78 is 21.8. The van der Waals surface area contributed by atoms with Crippen molar-refractivity contribution in [2.24, 2.45) is 5.92 Å². The van der Waals surface area contributed by atoms with Gasteiger partial charge in [0.15, 0.2) is 18.1 Å². The Hall–Kier alpha value is -3.26. The molecule has 0 saturated heterocycles. The molecule has 0 unspecified atom stereocenters. The Bertz CT molecular complexity index is 1050. The molecule has 2 atom stereocenters. The summed E-state index contributed by atoms with van der Waals surface area (Å²) in [5.74, 6) is 2.40. The first-order valence-electron chi connectivity index (χ1n) is 9.95. The van der Waals surface area contributed by atoms with Crippen molar-refractivity contribution in [3.05, 3.63) is 53.4 Å².